The number of carbonyl (C=O) groups is 1. The summed E-state index contributed by atoms with van der Waals surface area (Å²) in [5.41, 5.74) is 10.1. The molecule has 0 aliphatic rings. The Hall–Kier alpha value is -3.61. The van der Waals surface area contributed by atoms with Crippen molar-refractivity contribution in [2.24, 2.45) is 5.73 Å². The lowest BCUT2D eigenvalue weighted by atomic mass is 9.99. The number of rotatable bonds is 3. The number of fused-ring (bicyclic) bond motifs is 1. The van der Waals surface area contributed by atoms with Crippen LogP contribution in [0.4, 0.5) is 0 Å². The minimum absolute atomic E-state index is 0.267. The van der Waals surface area contributed by atoms with Crippen LogP contribution in [0.3, 0.4) is 0 Å². The molecule has 0 fully saturated rings. The second kappa shape index (κ2) is 5.79. The van der Waals surface area contributed by atoms with Gasteiger partial charge in [-0.2, -0.15) is 5.10 Å². The molecule has 0 saturated carbocycles. The Kier molecular flexibility index (Phi) is 3.46. The normalized spacial score (nSPS) is 10.9. The van der Waals surface area contributed by atoms with Crippen LogP contribution < -0.4 is 5.73 Å². The maximum absolute atomic E-state index is 12.1. The smallest absolute Gasteiger partial charge is 0.254 e. The van der Waals surface area contributed by atoms with Crippen LogP contribution in [0.15, 0.2) is 55.2 Å². The summed E-state index contributed by atoms with van der Waals surface area (Å²) in [7, 11) is 0. The van der Waals surface area contributed by atoms with Crippen LogP contribution in [0.25, 0.3) is 28.2 Å². The SMILES string of the molecule is Cc1cccnc1-c1ccncc1-c1nn2cccnc2c1C(N)=O. The average molecular weight is 330 g/mol. The number of nitrogens with zero attached hydrogens (tertiary/aromatic N) is 5. The molecule has 0 saturated heterocycles. The molecule has 0 aliphatic carbocycles. The van der Waals surface area contributed by atoms with E-state index in [4.69, 9.17) is 5.73 Å². The molecule has 4 aromatic rings. The highest BCUT2D eigenvalue weighted by molar-refractivity contribution is 6.05. The fraction of sp³-hybridized carbons (Fsp3) is 0.0556. The van der Waals surface area contributed by atoms with Crippen molar-refractivity contribution in [3.8, 4) is 22.5 Å². The van der Waals surface area contributed by atoms with E-state index in [0.29, 0.717) is 16.9 Å². The molecule has 7 heteroatoms. The molecule has 0 radical (unpaired) electrons. The van der Waals surface area contributed by atoms with Crippen molar-refractivity contribution in [3.05, 3.63) is 66.4 Å². The lowest BCUT2D eigenvalue weighted by Crippen LogP contribution is -2.12. The monoisotopic (exact) mass is 330 g/mol. The van der Waals surface area contributed by atoms with Gasteiger partial charge in [-0.25, -0.2) is 9.50 Å². The molecule has 7 nitrogen and oxygen atoms in total. The second-order valence-electron chi connectivity index (χ2n) is 5.57. The van der Waals surface area contributed by atoms with E-state index >= 15 is 0 Å². The van der Waals surface area contributed by atoms with Gasteiger partial charge in [-0.15, -0.1) is 0 Å². The zero-order chi connectivity index (χ0) is 17.4. The van der Waals surface area contributed by atoms with Gasteiger partial charge in [0.15, 0.2) is 5.65 Å². The van der Waals surface area contributed by atoms with Gasteiger partial charge in [-0.1, -0.05) is 6.07 Å². The van der Waals surface area contributed by atoms with Crippen LogP contribution in [0.5, 0.6) is 0 Å². The maximum atomic E-state index is 12.1. The number of carbonyl (C=O) groups excluding carboxylic acids is 1. The highest BCUT2D eigenvalue weighted by atomic mass is 16.1. The number of hydrogen-bond donors (Lipinski definition) is 1. The predicted octanol–water partition coefficient (Wildman–Crippen LogP) is 2.26. The van der Waals surface area contributed by atoms with E-state index in [1.165, 1.54) is 4.52 Å². The highest BCUT2D eigenvalue weighted by Gasteiger charge is 2.23. The van der Waals surface area contributed by atoms with Gasteiger partial charge in [0.25, 0.3) is 5.91 Å². The van der Waals surface area contributed by atoms with Crippen LogP contribution >= 0.6 is 0 Å². The van der Waals surface area contributed by atoms with Crippen LogP contribution in [-0.4, -0.2) is 30.5 Å². The van der Waals surface area contributed by atoms with Gasteiger partial charge in [0, 0.05) is 42.1 Å². The molecule has 4 heterocycles. The van der Waals surface area contributed by atoms with Crippen LogP contribution in [0.1, 0.15) is 15.9 Å². The molecule has 0 aliphatic heterocycles. The predicted molar refractivity (Wildman–Crippen MR) is 92.7 cm³/mol. The minimum Gasteiger partial charge on any atom is -0.365 e. The lowest BCUT2D eigenvalue weighted by Gasteiger charge is -2.09. The molecule has 0 bridgehead atoms. The molecule has 25 heavy (non-hydrogen) atoms. The van der Waals surface area contributed by atoms with E-state index in [1.807, 2.05) is 25.1 Å². The zero-order valence-electron chi connectivity index (χ0n) is 13.4. The molecular formula is C18H14N6O. The van der Waals surface area contributed by atoms with Gasteiger partial charge >= 0.3 is 0 Å². The molecule has 2 N–H and O–H groups in total. The van der Waals surface area contributed by atoms with Crippen LogP contribution in [0, 0.1) is 6.92 Å². The third-order valence-electron chi connectivity index (χ3n) is 3.98. The van der Waals surface area contributed by atoms with Gasteiger partial charge in [-0.05, 0) is 30.7 Å². The molecular weight excluding hydrogens is 316 g/mol. The summed E-state index contributed by atoms with van der Waals surface area (Å²) in [6, 6.07) is 7.45. The topological polar surface area (TPSA) is 99.1 Å². The Morgan fingerprint density at radius 3 is 2.68 bits per heavy atom. The number of primary amides is 1. The third kappa shape index (κ3) is 2.42. The van der Waals surface area contributed by atoms with Crippen molar-refractivity contribution in [1.82, 2.24) is 24.6 Å². The van der Waals surface area contributed by atoms with Crippen molar-refractivity contribution >= 4 is 11.6 Å². The summed E-state index contributed by atoms with van der Waals surface area (Å²) in [6.45, 7) is 1.98. The summed E-state index contributed by atoms with van der Waals surface area (Å²) >= 11 is 0. The summed E-state index contributed by atoms with van der Waals surface area (Å²) in [5.74, 6) is -0.587. The van der Waals surface area contributed by atoms with Gasteiger partial charge in [0.05, 0.1) is 5.69 Å². The first-order valence-corrected chi connectivity index (χ1v) is 7.66. The van der Waals surface area contributed by atoms with Crippen molar-refractivity contribution in [2.75, 3.05) is 0 Å². The number of aromatic nitrogens is 5. The van der Waals surface area contributed by atoms with E-state index in [9.17, 15) is 4.79 Å². The number of pyridine rings is 2. The number of nitrogens with two attached hydrogens (primary N) is 1. The maximum Gasteiger partial charge on any atom is 0.254 e. The molecule has 0 unspecified atom stereocenters. The highest BCUT2D eigenvalue weighted by Crippen LogP contribution is 2.33. The molecule has 0 aromatic carbocycles. The summed E-state index contributed by atoms with van der Waals surface area (Å²) < 4.78 is 1.54. The molecule has 4 rings (SSSR count). The van der Waals surface area contributed by atoms with E-state index in [0.717, 1.165) is 16.8 Å². The number of hydrogen-bond acceptors (Lipinski definition) is 5. The van der Waals surface area contributed by atoms with Crippen LogP contribution in [-0.2, 0) is 0 Å². The number of aryl methyl sites for hydroxylation is 1. The molecule has 0 atom stereocenters. The Morgan fingerprint density at radius 2 is 1.88 bits per heavy atom. The van der Waals surface area contributed by atoms with Crippen molar-refractivity contribution < 1.29 is 4.79 Å². The Labute approximate surface area is 143 Å². The second-order valence-corrected chi connectivity index (χ2v) is 5.57. The van der Waals surface area contributed by atoms with Gasteiger partial charge in [0.2, 0.25) is 0 Å². The Bertz CT molecular complexity index is 1100. The van der Waals surface area contributed by atoms with Gasteiger partial charge in [0.1, 0.15) is 11.3 Å². The summed E-state index contributed by atoms with van der Waals surface area (Å²) in [5, 5.41) is 4.51. The van der Waals surface area contributed by atoms with E-state index in [1.54, 1.807) is 37.1 Å². The summed E-state index contributed by atoms with van der Waals surface area (Å²) in [6.07, 6.45) is 8.40. The molecule has 1 amide bonds. The standard InChI is InChI=1S/C18H14N6O/c1-11-4-2-6-21-15(11)12-5-8-20-10-13(12)16-14(17(19)25)18-22-7-3-9-24(18)23-16/h2-10H,1H3,(H2,19,25). The largest absolute Gasteiger partial charge is 0.365 e. The van der Waals surface area contributed by atoms with E-state index in [-0.39, 0.29) is 5.56 Å². The lowest BCUT2D eigenvalue weighted by molar-refractivity contribution is 0.100. The van der Waals surface area contributed by atoms with Gasteiger partial charge in [-0.3, -0.25) is 14.8 Å². The van der Waals surface area contributed by atoms with E-state index < -0.39 is 5.91 Å². The molecule has 0 spiro atoms. The number of amides is 1. The third-order valence-corrected chi connectivity index (χ3v) is 3.98. The Balaban J connectivity index is 2.05. The van der Waals surface area contributed by atoms with Crippen molar-refractivity contribution in [3.63, 3.8) is 0 Å². The average Bonchev–Trinajstić information content (AvgIpc) is 3.02. The first kappa shape index (κ1) is 14.9. The first-order chi connectivity index (χ1) is 12.2. The van der Waals surface area contributed by atoms with Crippen molar-refractivity contribution in [1.29, 1.82) is 0 Å². The van der Waals surface area contributed by atoms with Crippen LogP contribution in [0.2, 0.25) is 0 Å². The summed E-state index contributed by atoms with van der Waals surface area (Å²) in [4.78, 5) is 25.0. The first-order valence-electron chi connectivity index (χ1n) is 7.66. The van der Waals surface area contributed by atoms with Gasteiger partial charge < -0.3 is 5.73 Å². The fourth-order valence-corrected chi connectivity index (χ4v) is 2.86. The molecule has 122 valence electrons. The quantitative estimate of drug-likeness (QED) is 0.621. The van der Waals surface area contributed by atoms with E-state index in [2.05, 4.69) is 20.1 Å². The fourth-order valence-electron chi connectivity index (χ4n) is 2.86. The minimum atomic E-state index is -0.587. The zero-order valence-corrected chi connectivity index (χ0v) is 13.4. The Morgan fingerprint density at radius 1 is 1.04 bits per heavy atom. The van der Waals surface area contributed by atoms with Crippen molar-refractivity contribution in [2.45, 2.75) is 6.92 Å². The molecule has 4 aromatic heterocycles.